The topological polar surface area (TPSA) is 30.0 Å². The lowest BCUT2D eigenvalue weighted by atomic mass is 10.1. The summed E-state index contributed by atoms with van der Waals surface area (Å²) in [6.45, 7) is 1.98. The zero-order chi connectivity index (χ0) is 11.4. The van der Waals surface area contributed by atoms with Gasteiger partial charge in [-0.3, -0.25) is 9.78 Å². The van der Waals surface area contributed by atoms with Crippen molar-refractivity contribution in [3.63, 3.8) is 0 Å². The molecule has 2 nitrogen and oxygen atoms in total. The highest BCUT2D eigenvalue weighted by atomic mass is 16.1. The lowest BCUT2D eigenvalue weighted by Gasteiger charge is -1.99. The number of carbonyl (C=O) groups excluding carboxylic acids is 1. The van der Waals surface area contributed by atoms with Crippen molar-refractivity contribution in [1.82, 2.24) is 4.98 Å². The molecule has 0 saturated heterocycles. The van der Waals surface area contributed by atoms with Gasteiger partial charge in [0.25, 0.3) is 0 Å². The van der Waals surface area contributed by atoms with E-state index in [0.717, 1.165) is 34.7 Å². The molecule has 0 radical (unpaired) electrons. The Labute approximate surface area is 94.6 Å². The second kappa shape index (κ2) is 4.71. The first-order valence-electron chi connectivity index (χ1n) is 5.34. The first kappa shape index (κ1) is 10.6. The largest absolute Gasteiger partial charge is 0.298 e. The third-order valence-electron chi connectivity index (χ3n) is 2.54. The van der Waals surface area contributed by atoms with Gasteiger partial charge in [0.2, 0.25) is 0 Å². The first-order chi connectivity index (χ1) is 7.83. The van der Waals surface area contributed by atoms with Gasteiger partial charge in [-0.2, -0.15) is 0 Å². The Morgan fingerprint density at radius 3 is 3.00 bits per heavy atom. The van der Waals surface area contributed by atoms with Crippen LogP contribution in [0.1, 0.15) is 18.9 Å². The maximum absolute atomic E-state index is 10.7. The van der Waals surface area contributed by atoms with E-state index in [-0.39, 0.29) is 0 Å². The molecule has 0 amide bonds. The van der Waals surface area contributed by atoms with Crippen molar-refractivity contribution in [2.75, 3.05) is 0 Å². The van der Waals surface area contributed by atoms with Crippen LogP contribution in [0.5, 0.6) is 0 Å². The van der Waals surface area contributed by atoms with E-state index < -0.39 is 0 Å². The molecular formula is C14H13NO. The Bertz CT molecular complexity index is 543. The highest BCUT2D eigenvalue weighted by Gasteiger charge is 1.96. The molecule has 0 aliphatic rings. The van der Waals surface area contributed by atoms with Crippen LogP contribution >= 0.6 is 0 Å². The molecule has 1 aromatic heterocycles. The van der Waals surface area contributed by atoms with E-state index in [1.165, 1.54) is 0 Å². The van der Waals surface area contributed by atoms with Crippen LogP contribution < -0.4 is 0 Å². The fourth-order valence-electron chi connectivity index (χ4n) is 1.62. The molecule has 16 heavy (non-hydrogen) atoms. The number of nitrogens with zero attached hydrogens (tertiary/aromatic N) is 1. The van der Waals surface area contributed by atoms with Crippen molar-refractivity contribution in [2.24, 2.45) is 0 Å². The number of aldehydes is 1. The predicted molar refractivity (Wildman–Crippen MR) is 66.1 cm³/mol. The van der Waals surface area contributed by atoms with Gasteiger partial charge in [0.05, 0.1) is 5.52 Å². The van der Waals surface area contributed by atoms with Crippen LogP contribution in [0.3, 0.4) is 0 Å². The summed E-state index contributed by atoms with van der Waals surface area (Å²) in [4.78, 5) is 15.0. The standard InChI is InChI=1S/C14H13NO/c1-2-11(10-16)8-12-5-6-14-13(9-12)4-3-7-15-14/h3-10H,2H2,1H3. The van der Waals surface area contributed by atoms with Gasteiger partial charge < -0.3 is 0 Å². The molecule has 80 valence electrons. The molecule has 2 heteroatoms. The van der Waals surface area contributed by atoms with E-state index >= 15 is 0 Å². The van der Waals surface area contributed by atoms with Gasteiger partial charge in [0.1, 0.15) is 6.29 Å². The summed E-state index contributed by atoms with van der Waals surface area (Å²) in [5.74, 6) is 0. The number of allylic oxidation sites excluding steroid dienone is 1. The van der Waals surface area contributed by atoms with E-state index in [9.17, 15) is 4.79 Å². The third-order valence-corrected chi connectivity index (χ3v) is 2.54. The molecule has 0 spiro atoms. The number of hydrogen-bond acceptors (Lipinski definition) is 2. The molecule has 2 rings (SSSR count). The molecule has 0 bridgehead atoms. The summed E-state index contributed by atoms with van der Waals surface area (Å²) in [6.07, 6.45) is 5.36. The van der Waals surface area contributed by atoms with Gasteiger partial charge in [-0.1, -0.05) is 19.1 Å². The summed E-state index contributed by atoms with van der Waals surface area (Å²) in [5.41, 5.74) is 2.83. The van der Waals surface area contributed by atoms with Gasteiger partial charge in [-0.05, 0) is 41.8 Å². The van der Waals surface area contributed by atoms with Crippen molar-refractivity contribution < 1.29 is 4.79 Å². The molecule has 2 aromatic rings. The molecule has 0 atom stereocenters. The summed E-state index contributed by atoms with van der Waals surface area (Å²) in [6, 6.07) is 9.93. The Hall–Kier alpha value is -1.96. The normalized spacial score (nSPS) is 11.7. The number of benzene rings is 1. The highest BCUT2D eigenvalue weighted by molar-refractivity contribution is 5.85. The minimum absolute atomic E-state index is 0.759. The van der Waals surface area contributed by atoms with Gasteiger partial charge in [-0.15, -0.1) is 0 Å². The molecule has 1 aromatic carbocycles. The quantitative estimate of drug-likeness (QED) is 0.576. The molecule has 0 aliphatic carbocycles. The van der Waals surface area contributed by atoms with E-state index in [2.05, 4.69) is 4.98 Å². The molecule has 0 N–H and O–H groups in total. The highest BCUT2D eigenvalue weighted by Crippen LogP contribution is 2.15. The zero-order valence-electron chi connectivity index (χ0n) is 9.18. The molecule has 0 saturated carbocycles. The van der Waals surface area contributed by atoms with Crippen LogP contribution in [-0.4, -0.2) is 11.3 Å². The van der Waals surface area contributed by atoms with E-state index in [0.29, 0.717) is 0 Å². The lowest BCUT2D eigenvalue weighted by Crippen LogP contribution is -1.83. The van der Waals surface area contributed by atoms with Crippen molar-refractivity contribution in [3.05, 3.63) is 47.7 Å². The number of aromatic nitrogens is 1. The monoisotopic (exact) mass is 211 g/mol. The molecule has 0 unspecified atom stereocenters. The van der Waals surface area contributed by atoms with Crippen LogP contribution in [0.4, 0.5) is 0 Å². The smallest absolute Gasteiger partial charge is 0.146 e. The van der Waals surface area contributed by atoms with Crippen molar-refractivity contribution in [2.45, 2.75) is 13.3 Å². The van der Waals surface area contributed by atoms with Crippen molar-refractivity contribution >= 4 is 23.3 Å². The second-order valence-electron chi connectivity index (χ2n) is 3.65. The van der Waals surface area contributed by atoms with Gasteiger partial charge in [0.15, 0.2) is 0 Å². The van der Waals surface area contributed by atoms with Crippen LogP contribution in [0, 0.1) is 0 Å². The Morgan fingerprint density at radius 2 is 2.25 bits per heavy atom. The number of carbonyl (C=O) groups is 1. The Balaban J connectivity index is 2.47. The maximum Gasteiger partial charge on any atom is 0.146 e. The molecule has 1 heterocycles. The number of fused-ring (bicyclic) bond motifs is 1. The van der Waals surface area contributed by atoms with Gasteiger partial charge in [-0.25, -0.2) is 0 Å². The van der Waals surface area contributed by atoms with Gasteiger partial charge in [0, 0.05) is 11.6 Å². The Morgan fingerprint density at radius 1 is 1.38 bits per heavy atom. The number of pyridine rings is 1. The summed E-state index contributed by atoms with van der Waals surface area (Å²) < 4.78 is 0. The van der Waals surface area contributed by atoms with E-state index in [1.54, 1.807) is 6.20 Å². The van der Waals surface area contributed by atoms with E-state index in [1.807, 2.05) is 43.3 Å². The van der Waals surface area contributed by atoms with Crippen molar-refractivity contribution in [3.8, 4) is 0 Å². The summed E-state index contributed by atoms with van der Waals surface area (Å²) in [5, 5.41) is 1.10. The zero-order valence-corrected chi connectivity index (χ0v) is 9.18. The first-order valence-corrected chi connectivity index (χ1v) is 5.34. The van der Waals surface area contributed by atoms with Crippen LogP contribution in [-0.2, 0) is 4.79 Å². The van der Waals surface area contributed by atoms with Crippen molar-refractivity contribution in [1.29, 1.82) is 0 Å². The molecule has 0 fully saturated rings. The maximum atomic E-state index is 10.7. The van der Waals surface area contributed by atoms with Crippen LogP contribution in [0.15, 0.2) is 42.1 Å². The molecular weight excluding hydrogens is 198 g/mol. The predicted octanol–water partition coefficient (Wildman–Crippen LogP) is 3.23. The van der Waals surface area contributed by atoms with Crippen LogP contribution in [0.25, 0.3) is 17.0 Å². The average molecular weight is 211 g/mol. The Kier molecular flexibility index (Phi) is 3.10. The second-order valence-corrected chi connectivity index (χ2v) is 3.65. The minimum atomic E-state index is 0.759. The summed E-state index contributed by atoms with van der Waals surface area (Å²) in [7, 11) is 0. The number of hydrogen-bond donors (Lipinski definition) is 0. The minimum Gasteiger partial charge on any atom is -0.298 e. The number of rotatable bonds is 3. The van der Waals surface area contributed by atoms with Crippen LogP contribution in [0.2, 0.25) is 0 Å². The fourth-order valence-corrected chi connectivity index (χ4v) is 1.62. The summed E-state index contributed by atoms with van der Waals surface area (Å²) >= 11 is 0. The molecule has 0 aliphatic heterocycles. The van der Waals surface area contributed by atoms with E-state index in [4.69, 9.17) is 0 Å². The fraction of sp³-hybridized carbons (Fsp3) is 0.143. The SMILES string of the molecule is CCC(C=O)=Cc1ccc2ncccc2c1. The third kappa shape index (κ3) is 2.16. The lowest BCUT2D eigenvalue weighted by molar-refractivity contribution is -0.104. The average Bonchev–Trinajstić information content (AvgIpc) is 2.35. The van der Waals surface area contributed by atoms with Gasteiger partial charge >= 0.3 is 0 Å².